The molecule has 3 atom stereocenters. The number of likely N-dealkylation sites (N-methyl/N-ethyl adjacent to an activating group) is 1. The van der Waals surface area contributed by atoms with Gasteiger partial charge in [0.25, 0.3) is 0 Å². The predicted molar refractivity (Wildman–Crippen MR) is 75.0 cm³/mol. The van der Waals surface area contributed by atoms with Gasteiger partial charge in [-0.05, 0) is 26.3 Å². The lowest BCUT2D eigenvalue weighted by Gasteiger charge is -2.63. The molecule has 0 amide bonds. The number of rotatable bonds is 3. The average Bonchev–Trinajstić information content (AvgIpc) is 2.88. The molecule has 0 radical (unpaired) electrons. The minimum atomic E-state index is -0.0960. The maximum atomic E-state index is 6.82. The van der Waals surface area contributed by atoms with Crippen LogP contribution in [0, 0.1) is 11.3 Å². The number of nitrogens with two attached hydrogens (primary N) is 1. The maximum absolute atomic E-state index is 6.82. The fraction of sp³-hybridized carbons (Fsp3) is 1.00. The number of hydrogen-bond donors (Lipinski definition) is 1. The van der Waals surface area contributed by atoms with Crippen LogP contribution < -0.4 is 5.73 Å². The Balaban J connectivity index is 1.67. The molecule has 19 heavy (non-hydrogen) atoms. The first-order chi connectivity index (χ1) is 8.97. The van der Waals surface area contributed by atoms with Gasteiger partial charge < -0.3 is 20.1 Å². The fourth-order valence-corrected chi connectivity index (χ4v) is 4.46. The summed E-state index contributed by atoms with van der Waals surface area (Å²) < 4.78 is 11.3. The molecule has 3 unspecified atom stereocenters. The van der Waals surface area contributed by atoms with Gasteiger partial charge >= 0.3 is 0 Å². The van der Waals surface area contributed by atoms with E-state index < -0.39 is 0 Å². The Morgan fingerprint density at radius 1 is 1.16 bits per heavy atom. The Kier molecular flexibility index (Phi) is 3.41. The maximum Gasteiger partial charge on any atom is 0.0691 e. The lowest BCUT2D eigenvalue weighted by atomic mass is 9.48. The van der Waals surface area contributed by atoms with Gasteiger partial charge in [-0.3, -0.25) is 0 Å². The highest BCUT2D eigenvalue weighted by molar-refractivity contribution is 5.21. The van der Waals surface area contributed by atoms with E-state index in [4.69, 9.17) is 15.2 Å². The molecule has 3 rings (SSSR count). The molecule has 2 aliphatic heterocycles. The van der Waals surface area contributed by atoms with E-state index in [0.717, 1.165) is 45.6 Å². The molecule has 3 aliphatic rings. The van der Waals surface area contributed by atoms with E-state index in [1.54, 1.807) is 0 Å². The summed E-state index contributed by atoms with van der Waals surface area (Å²) in [6.45, 7) is 8.21. The van der Waals surface area contributed by atoms with Gasteiger partial charge in [0, 0.05) is 49.3 Å². The normalized spacial score (nSPS) is 42.2. The molecule has 4 heteroatoms. The van der Waals surface area contributed by atoms with E-state index in [2.05, 4.69) is 25.8 Å². The van der Waals surface area contributed by atoms with Crippen LogP contribution in [0.3, 0.4) is 0 Å². The van der Waals surface area contributed by atoms with Gasteiger partial charge in [0.15, 0.2) is 0 Å². The van der Waals surface area contributed by atoms with Crippen LogP contribution in [-0.4, -0.2) is 56.0 Å². The van der Waals surface area contributed by atoms with E-state index in [0.29, 0.717) is 18.1 Å². The van der Waals surface area contributed by atoms with Gasteiger partial charge in [0.1, 0.15) is 0 Å². The summed E-state index contributed by atoms with van der Waals surface area (Å²) in [5, 5.41) is 0. The third-order valence-electron chi connectivity index (χ3n) is 5.99. The zero-order valence-electron chi connectivity index (χ0n) is 12.5. The molecule has 4 nitrogen and oxygen atoms in total. The van der Waals surface area contributed by atoms with Gasteiger partial charge in [-0.15, -0.1) is 0 Å². The van der Waals surface area contributed by atoms with E-state index in [1.807, 2.05) is 0 Å². The molecular weight excluding hydrogens is 240 g/mol. The molecule has 110 valence electrons. The first kappa shape index (κ1) is 13.8. The van der Waals surface area contributed by atoms with Crippen molar-refractivity contribution in [2.45, 2.75) is 50.8 Å². The summed E-state index contributed by atoms with van der Waals surface area (Å²) in [5.41, 5.74) is 6.82. The van der Waals surface area contributed by atoms with Crippen molar-refractivity contribution in [3.8, 4) is 0 Å². The van der Waals surface area contributed by atoms with Gasteiger partial charge in [-0.25, -0.2) is 0 Å². The van der Waals surface area contributed by atoms with Crippen LogP contribution in [-0.2, 0) is 9.47 Å². The van der Waals surface area contributed by atoms with Crippen LogP contribution in [0.4, 0.5) is 0 Å². The highest BCUT2D eigenvalue weighted by atomic mass is 16.5. The fourth-order valence-electron chi connectivity index (χ4n) is 4.46. The molecule has 0 bridgehead atoms. The summed E-state index contributed by atoms with van der Waals surface area (Å²) in [6.07, 6.45) is 3.78. The number of fused-ring (bicyclic) bond motifs is 1. The minimum Gasteiger partial charge on any atom is -0.381 e. The quantitative estimate of drug-likeness (QED) is 0.836. The largest absolute Gasteiger partial charge is 0.381 e. The Bertz CT molecular complexity index is 341. The summed E-state index contributed by atoms with van der Waals surface area (Å²) >= 11 is 0. The second-order valence-electron chi connectivity index (χ2n) is 7.21. The molecule has 0 aromatic carbocycles. The third kappa shape index (κ3) is 1.96. The SMILES string of the molecule is CN(CC1(N)C2CCOC2C1(C)C)C1CCOCC1. The molecule has 1 aliphatic carbocycles. The summed E-state index contributed by atoms with van der Waals surface area (Å²) in [7, 11) is 2.23. The van der Waals surface area contributed by atoms with Crippen molar-refractivity contribution in [1.82, 2.24) is 4.90 Å². The number of ether oxygens (including phenoxy) is 2. The van der Waals surface area contributed by atoms with E-state index in [9.17, 15) is 0 Å². The van der Waals surface area contributed by atoms with Crippen molar-refractivity contribution in [2.24, 2.45) is 17.1 Å². The van der Waals surface area contributed by atoms with Gasteiger partial charge in [0.05, 0.1) is 6.10 Å². The van der Waals surface area contributed by atoms with Crippen molar-refractivity contribution in [3.63, 3.8) is 0 Å². The molecule has 0 aromatic rings. The first-order valence-electron chi connectivity index (χ1n) is 7.65. The minimum absolute atomic E-state index is 0.0909. The monoisotopic (exact) mass is 268 g/mol. The van der Waals surface area contributed by atoms with Gasteiger partial charge in [-0.1, -0.05) is 13.8 Å². The molecule has 3 fully saturated rings. The van der Waals surface area contributed by atoms with Crippen molar-refractivity contribution < 1.29 is 9.47 Å². The van der Waals surface area contributed by atoms with E-state index >= 15 is 0 Å². The zero-order chi connectivity index (χ0) is 13.7. The second-order valence-corrected chi connectivity index (χ2v) is 7.21. The molecular formula is C15H28N2O2. The Labute approximate surface area is 116 Å². The van der Waals surface area contributed by atoms with Crippen molar-refractivity contribution in [3.05, 3.63) is 0 Å². The Morgan fingerprint density at radius 2 is 1.84 bits per heavy atom. The average molecular weight is 268 g/mol. The van der Waals surface area contributed by atoms with Crippen LogP contribution in [0.15, 0.2) is 0 Å². The van der Waals surface area contributed by atoms with Gasteiger partial charge in [-0.2, -0.15) is 0 Å². The lowest BCUT2D eigenvalue weighted by molar-refractivity contribution is -0.165. The lowest BCUT2D eigenvalue weighted by Crippen LogP contribution is -2.78. The van der Waals surface area contributed by atoms with E-state index in [-0.39, 0.29) is 11.0 Å². The number of hydrogen-bond acceptors (Lipinski definition) is 4. The Hall–Kier alpha value is -0.160. The summed E-state index contributed by atoms with van der Waals surface area (Å²) in [5.74, 6) is 0.546. The summed E-state index contributed by atoms with van der Waals surface area (Å²) in [4.78, 5) is 2.47. The topological polar surface area (TPSA) is 47.7 Å². The molecule has 1 saturated carbocycles. The van der Waals surface area contributed by atoms with Crippen LogP contribution in [0.2, 0.25) is 0 Å². The second kappa shape index (κ2) is 4.69. The van der Waals surface area contributed by atoms with Crippen LogP contribution in [0.25, 0.3) is 0 Å². The van der Waals surface area contributed by atoms with Gasteiger partial charge in [0.2, 0.25) is 0 Å². The Morgan fingerprint density at radius 3 is 2.53 bits per heavy atom. The van der Waals surface area contributed by atoms with Crippen LogP contribution in [0.5, 0.6) is 0 Å². The van der Waals surface area contributed by atoms with Crippen molar-refractivity contribution in [1.29, 1.82) is 0 Å². The molecule has 2 saturated heterocycles. The van der Waals surface area contributed by atoms with Crippen molar-refractivity contribution in [2.75, 3.05) is 33.4 Å². The molecule has 2 N–H and O–H groups in total. The first-order valence-corrected chi connectivity index (χ1v) is 7.65. The smallest absolute Gasteiger partial charge is 0.0691 e. The molecule has 2 heterocycles. The van der Waals surface area contributed by atoms with Crippen molar-refractivity contribution >= 4 is 0 Å². The van der Waals surface area contributed by atoms with E-state index in [1.165, 1.54) is 0 Å². The highest BCUT2D eigenvalue weighted by Gasteiger charge is 2.67. The zero-order valence-corrected chi connectivity index (χ0v) is 12.5. The third-order valence-corrected chi connectivity index (χ3v) is 5.99. The summed E-state index contributed by atoms with van der Waals surface area (Å²) in [6, 6.07) is 0.631. The van der Waals surface area contributed by atoms with Crippen LogP contribution in [0.1, 0.15) is 33.1 Å². The molecule has 0 aromatic heterocycles. The standard InChI is InChI=1S/C15H28N2O2/c1-14(2)13-12(6-9-19-13)15(14,16)10-17(3)11-4-7-18-8-5-11/h11-13H,4-10,16H2,1-3H3. The molecule has 0 spiro atoms. The number of nitrogens with zero attached hydrogens (tertiary/aromatic N) is 1. The van der Waals surface area contributed by atoms with Crippen LogP contribution >= 0.6 is 0 Å². The predicted octanol–water partition coefficient (Wildman–Crippen LogP) is 1.24. The highest BCUT2D eigenvalue weighted by Crippen LogP contribution is 2.58.